The van der Waals surface area contributed by atoms with Crippen LogP contribution in [0.3, 0.4) is 0 Å². The van der Waals surface area contributed by atoms with E-state index in [1.807, 2.05) is 0 Å². The fourth-order valence-corrected chi connectivity index (χ4v) is 1.74. The summed E-state index contributed by atoms with van der Waals surface area (Å²) in [4.78, 5) is 15.3. The Kier molecular flexibility index (Phi) is 4.47. The molecular weight excluding hydrogens is 278 g/mol. The lowest BCUT2D eigenvalue weighted by molar-refractivity contribution is 0.0600. The monoisotopic (exact) mass is 292 g/mol. The summed E-state index contributed by atoms with van der Waals surface area (Å²) in [6, 6.07) is 5.41. The second-order valence-electron chi connectivity index (χ2n) is 4.46. The molecule has 1 N–H and O–H groups in total. The van der Waals surface area contributed by atoms with Gasteiger partial charge in [0.15, 0.2) is 0 Å². The second-order valence-corrected chi connectivity index (χ2v) is 4.46. The molecule has 1 aromatic heterocycles. The number of pyridine rings is 1. The highest BCUT2D eigenvalue weighted by Gasteiger charge is 2.08. The SMILES string of the molecule is COC(=O)c1ccc(CNc2cc(F)c(C)cc2F)nc1. The number of halogens is 2. The number of anilines is 1. The van der Waals surface area contributed by atoms with E-state index < -0.39 is 17.6 Å². The van der Waals surface area contributed by atoms with Gasteiger partial charge in [-0.2, -0.15) is 0 Å². The normalized spacial score (nSPS) is 10.3. The van der Waals surface area contributed by atoms with Crippen molar-refractivity contribution in [2.45, 2.75) is 13.5 Å². The van der Waals surface area contributed by atoms with Crippen molar-refractivity contribution in [2.75, 3.05) is 12.4 Å². The number of rotatable bonds is 4. The van der Waals surface area contributed by atoms with Crippen LogP contribution in [0.4, 0.5) is 14.5 Å². The smallest absolute Gasteiger partial charge is 0.339 e. The van der Waals surface area contributed by atoms with Crippen molar-refractivity contribution in [3.8, 4) is 0 Å². The highest BCUT2D eigenvalue weighted by molar-refractivity contribution is 5.88. The summed E-state index contributed by atoms with van der Waals surface area (Å²) < 4.78 is 31.6. The minimum Gasteiger partial charge on any atom is -0.465 e. The number of aromatic nitrogens is 1. The summed E-state index contributed by atoms with van der Waals surface area (Å²) in [5.41, 5.74) is 1.23. The third-order valence-corrected chi connectivity index (χ3v) is 2.95. The predicted octanol–water partition coefficient (Wildman–Crippen LogP) is 3.07. The number of nitrogens with zero attached hydrogens (tertiary/aromatic N) is 1. The first-order chi connectivity index (χ1) is 10.0. The molecule has 0 bridgehead atoms. The van der Waals surface area contributed by atoms with Gasteiger partial charge in [-0.05, 0) is 30.7 Å². The number of methoxy groups -OCH3 is 1. The molecule has 0 unspecified atom stereocenters. The molecule has 2 aromatic rings. The first-order valence-corrected chi connectivity index (χ1v) is 6.24. The van der Waals surface area contributed by atoms with Crippen LogP contribution in [0.2, 0.25) is 0 Å². The Bertz CT molecular complexity index is 657. The Labute approximate surface area is 120 Å². The van der Waals surface area contributed by atoms with Gasteiger partial charge in [-0.15, -0.1) is 0 Å². The summed E-state index contributed by atoms with van der Waals surface area (Å²) in [7, 11) is 1.28. The van der Waals surface area contributed by atoms with Gasteiger partial charge in [-0.1, -0.05) is 0 Å². The highest BCUT2D eigenvalue weighted by Crippen LogP contribution is 2.19. The van der Waals surface area contributed by atoms with Crippen molar-refractivity contribution in [3.05, 3.63) is 58.9 Å². The van der Waals surface area contributed by atoms with Crippen LogP contribution in [0.25, 0.3) is 0 Å². The Hall–Kier alpha value is -2.50. The number of hydrogen-bond donors (Lipinski definition) is 1. The van der Waals surface area contributed by atoms with E-state index in [-0.39, 0.29) is 17.8 Å². The lowest BCUT2D eigenvalue weighted by Gasteiger charge is -2.09. The molecule has 0 amide bonds. The van der Waals surface area contributed by atoms with Gasteiger partial charge in [0.25, 0.3) is 0 Å². The molecule has 110 valence electrons. The third kappa shape index (κ3) is 3.53. The van der Waals surface area contributed by atoms with Crippen LogP contribution < -0.4 is 5.32 Å². The Morgan fingerprint density at radius 2 is 2.05 bits per heavy atom. The number of ether oxygens (including phenoxy) is 1. The molecule has 0 aliphatic carbocycles. The lowest BCUT2D eigenvalue weighted by atomic mass is 10.2. The van der Waals surface area contributed by atoms with Gasteiger partial charge < -0.3 is 10.1 Å². The number of carbonyl (C=O) groups excluding carboxylic acids is 1. The molecule has 6 heteroatoms. The summed E-state index contributed by atoms with van der Waals surface area (Å²) in [6.07, 6.45) is 1.37. The lowest BCUT2D eigenvalue weighted by Crippen LogP contribution is -2.06. The summed E-state index contributed by atoms with van der Waals surface area (Å²) in [5.74, 6) is -1.48. The minimum atomic E-state index is -0.528. The number of carbonyl (C=O) groups is 1. The summed E-state index contributed by atoms with van der Waals surface area (Å²) >= 11 is 0. The fraction of sp³-hybridized carbons (Fsp3) is 0.200. The average Bonchev–Trinajstić information content (AvgIpc) is 2.49. The Morgan fingerprint density at radius 1 is 1.29 bits per heavy atom. The average molecular weight is 292 g/mol. The van der Waals surface area contributed by atoms with E-state index in [0.29, 0.717) is 11.3 Å². The number of benzene rings is 1. The molecule has 21 heavy (non-hydrogen) atoms. The van der Waals surface area contributed by atoms with E-state index in [9.17, 15) is 13.6 Å². The van der Waals surface area contributed by atoms with Crippen LogP contribution >= 0.6 is 0 Å². The quantitative estimate of drug-likeness (QED) is 0.880. The largest absolute Gasteiger partial charge is 0.465 e. The van der Waals surface area contributed by atoms with Crippen molar-refractivity contribution < 1.29 is 18.3 Å². The maximum Gasteiger partial charge on any atom is 0.339 e. The molecule has 0 spiro atoms. The second kappa shape index (κ2) is 6.30. The fourth-order valence-electron chi connectivity index (χ4n) is 1.74. The third-order valence-electron chi connectivity index (χ3n) is 2.95. The molecule has 0 fully saturated rings. The van der Waals surface area contributed by atoms with Crippen LogP contribution in [-0.2, 0) is 11.3 Å². The molecule has 0 atom stereocenters. The molecule has 0 aliphatic heterocycles. The van der Waals surface area contributed by atoms with E-state index in [4.69, 9.17) is 0 Å². The molecule has 2 rings (SSSR count). The van der Waals surface area contributed by atoms with Crippen molar-refractivity contribution in [3.63, 3.8) is 0 Å². The molecule has 1 heterocycles. The zero-order valence-corrected chi connectivity index (χ0v) is 11.6. The van der Waals surface area contributed by atoms with Crippen molar-refractivity contribution in [2.24, 2.45) is 0 Å². The van der Waals surface area contributed by atoms with Gasteiger partial charge >= 0.3 is 5.97 Å². The number of nitrogens with one attached hydrogen (secondary N) is 1. The number of hydrogen-bond acceptors (Lipinski definition) is 4. The highest BCUT2D eigenvalue weighted by atomic mass is 19.1. The standard InChI is InChI=1S/C15H14F2N2O2/c1-9-5-13(17)14(6-12(9)16)19-8-11-4-3-10(7-18-11)15(20)21-2/h3-7,19H,8H2,1-2H3. The van der Waals surface area contributed by atoms with E-state index >= 15 is 0 Å². The van der Waals surface area contributed by atoms with Gasteiger partial charge in [0, 0.05) is 12.3 Å². The first-order valence-electron chi connectivity index (χ1n) is 6.24. The van der Waals surface area contributed by atoms with Crippen molar-refractivity contribution >= 4 is 11.7 Å². The van der Waals surface area contributed by atoms with Crippen molar-refractivity contribution in [1.29, 1.82) is 0 Å². The zero-order valence-electron chi connectivity index (χ0n) is 11.6. The minimum absolute atomic E-state index is 0.0666. The topological polar surface area (TPSA) is 51.2 Å². The van der Waals surface area contributed by atoms with Gasteiger partial charge in [0.1, 0.15) is 11.6 Å². The Morgan fingerprint density at radius 3 is 2.67 bits per heavy atom. The van der Waals surface area contributed by atoms with Gasteiger partial charge in [0.2, 0.25) is 0 Å². The molecule has 0 saturated heterocycles. The van der Waals surface area contributed by atoms with Crippen LogP contribution in [0.1, 0.15) is 21.6 Å². The summed E-state index contributed by atoms with van der Waals surface area (Å²) in [5, 5.41) is 2.77. The van der Waals surface area contributed by atoms with Crippen LogP contribution in [0, 0.1) is 18.6 Å². The van der Waals surface area contributed by atoms with Gasteiger partial charge in [-0.3, -0.25) is 4.98 Å². The maximum absolute atomic E-state index is 13.6. The van der Waals surface area contributed by atoms with Gasteiger partial charge in [-0.25, -0.2) is 13.6 Å². The van der Waals surface area contributed by atoms with Crippen molar-refractivity contribution in [1.82, 2.24) is 4.98 Å². The predicted molar refractivity (Wildman–Crippen MR) is 74.0 cm³/mol. The van der Waals surface area contributed by atoms with E-state index in [1.54, 1.807) is 12.1 Å². The number of aryl methyl sites for hydroxylation is 1. The van der Waals surface area contributed by atoms with E-state index in [1.165, 1.54) is 20.2 Å². The summed E-state index contributed by atoms with van der Waals surface area (Å²) in [6.45, 7) is 1.70. The molecular formula is C15H14F2N2O2. The van der Waals surface area contributed by atoms with E-state index in [2.05, 4.69) is 15.0 Å². The maximum atomic E-state index is 13.6. The first kappa shape index (κ1) is 14.9. The molecule has 0 aliphatic rings. The number of esters is 1. The Balaban J connectivity index is 2.06. The molecule has 0 saturated carbocycles. The zero-order chi connectivity index (χ0) is 15.4. The van der Waals surface area contributed by atoms with Crippen LogP contribution in [0.15, 0.2) is 30.5 Å². The van der Waals surface area contributed by atoms with Gasteiger partial charge in [0.05, 0.1) is 30.6 Å². The molecule has 4 nitrogen and oxygen atoms in total. The van der Waals surface area contributed by atoms with Crippen LogP contribution in [-0.4, -0.2) is 18.1 Å². The van der Waals surface area contributed by atoms with Crippen LogP contribution in [0.5, 0.6) is 0 Å². The van der Waals surface area contributed by atoms with E-state index in [0.717, 1.165) is 12.1 Å². The molecule has 0 radical (unpaired) electrons. The molecule has 1 aromatic carbocycles.